The molecule has 0 aromatic heterocycles. The van der Waals surface area contributed by atoms with Crippen molar-refractivity contribution in [2.45, 2.75) is 38.4 Å². The molecule has 3 rings (SSSR count). The number of benzene rings is 2. The van der Waals surface area contributed by atoms with Crippen LogP contribution in [0.3, 0.4) is 0 Å². The predicted octanol–water partition coefficient (Wildman–Crippen LogP) is 2.44. The molecule has 0 bridgehead atoms. The molecule has 0 unspecified atom stereocenters. The molecule has 1 fully saturated rings. The van der Waals surface area contributed by atoms with Crippen molar-refractivity contribution in [3.05, 3.63) is 65.5 Å². The number of hydrogen-bond donors (Lipinski definition) is 3. The molecule has 1 amide bonds. The molecule has 6 heteroatoms. The Labute approximate surface area is 165 Å². The summed E-state index contributed by atoms with van der Waals surface area (Å²) in [5, 5.41) is 16.1. The highest BCUT2D eigenvalue weighted by molar-refractivity contribution is 5.73. The first kappa shape index (κ1) is 20.3. The maximum atomic E-state index is 13.6. The smallest absolute Gasteiger partial charge is 0.217 e. The van der Waals surface area contributed by atoms with Gasteiger partial charge in [0.15, 0.2) is 0 Å². The van der Waals surface area contributed by atoms with E-state index in [0.717, 1.165) is 38.7 Å². The van der Waals surface area contributed by atoms with Gasteiger partial charge in [0.25, 0.3) is 0 Å². The second-order valence-electron chi connectivity index (χ2n) is 7.53. The molecule has 0 saturated carbocycles. The van der Waals surface area contributed by atoms with E-state index >= 15 is 0 Å². The van der Waals surface area contributed by atoms with Gasteiger partial charge in [-0.1, -0.05) is 30.3 Å². The van der Waals surface area contributed by atoms with Crippen molar-refractivity contribution in [3.8, 4) is 5.75 Å². The van der Waals surface area contributed by atoms with Crippen LogP contribution in [-0.4, -0.2) is 47.6 Å². The van der Waals surface area contributed by atoms with Crippen LogP contribution in [0.25, 0.3) is 0 Å². The Balaban J connectivity index is 1.62. The Bertz CT molecular complexity index is 764. The number of nitrogens with one attached hydrogen (secondary N) is 2. The molecule has 0 radical (unpaired) electrons. The average molecular weight is 385 g/mol. The van der Waals surface area contributed by atoms with Gasteiger partial charge in [-0.05, 0) is 36.1 Å². The lowest BCUT2D eigenvalue weighted by Crippen LogP contribution is -2.53. The largest absolute Gasteiger partial charge is 0.508 e. The Morgan fingerprint density at radius 3 is 2.79 bits per heavy atom. The third-order valence-corrected chi connectivity index (χ3v) is 4.99. The minimum Gasteiger partial charge on any atom is -0.508 e. The number of rotatable bonds is 7. The minimum absolute atomic E-state index is 0.0959. The van der Waals surface area contributed by atoms with Gasteiger partial charge in [0.1, 0.15) is 11.6 Å². The zero-order valence-corrected chi connectivity index (χ0v) is 16.2. The van der Waals surface area contributed by atoms with Gasteiger partial charge in [-0.15, -0.1) is 0 Å². The van der Waals surface area contributed by atoms with Crippen molar-refractivity contribution in [1.82, 2.24) is 15.5 Å². The van der Waals surface area contributed by atoms with Crippen molar-refractivity contribution in [2.75, 3.05) is 19.6 Å². The Morgan fingerprint density at radius 2 is 2.07 bits per heavy atom. The normalized spacial score (nSPS) is 18.6. The van der Waals surface area contributed by atoms with Crippen LogP contribution in [-0.2, 0) is 17.8 Å². The lowest BCUT2D eigenvalue weighted by Gasteiger charge is -2.35. The number of amides is 1. The van der Waals surface area contributed by atoms with E-state index < -0.39 is 5.82 Å². The SMILES string of the molecule is CC(=O)N[C@@H](Cc1cc(O)cc(F)c1)C[C@H]1CN(Cc2ccccc2)CCN1. The molecule has 150 valence electrons. The van der Waals surface area contributed by atoms with E-state index in [1.807, 2.05) is 6.07 Å². The summed E-state index contributed by atoms with van der Waals surface area (Å²) in [4.78, 5) is 14.1. The van der Waals surface area contributed by atoms with Crippen LogP contribution < -0.4 is 10.6 Å². The Kier molecular flexibility index (Phi) is 7.01. The number of aromatic hydroxyl groups is 1. The number of nitrogens with zero attached hydrogens (tertiary/aromatic N) is 1. The lowest BCUT2D eigenvalue weighted by atomic mass is 9.97. The summed E-state index contributed by atoms with van der Waals surface area (Å²) < 4.78 is 13.6. The second-order valence-corrected chi connectivity index (χ2v) is 7.53. The van der Waals surface area contributed by atoms with E-state index in [2.05, 4.69) is 39.8 Å². The van der Waals surface area contributed by atoms with Gasteiger partial charge >= 0.3 is 0 Å². The average Bonchev–Trinajstić information content (AvgIpc) is 2.61. The van der Waals surface area contributed by atoms with E-state index in [4.69, 9.17) is 0 Å². The fourth-order valence-corrected chi connectivity index (χ4v) is 3.90. The van der Waals surface area contributed by atoms with Crippen molar-refractivity contribution in [3.63, 3.8) is 0 Å². The summed E-state index contributed by atoms with van der Waals surface area (Å²) in [7, 11) is 0. The van der Waals surface area contributed by atoms with Crippen LogP contribution in [0.4, 0.5) is 4.39 Å². The van der Waals surface area contributed by atoms with Gasteiger partial charge < -0.3 is 15.7 Å². The number of carbonyl (C=O) groups is 1. The number of phenolic OH excluding ortho intramolecular Hbond substituents is 1. The van der Waals surface area contributed by atoms with E-state index in [0.29, 0.717) is 12.0 Å². The van der Waals surface area contributed by atoms with Crippen molar-refractivity contribution < 1.29 is 14.3 Å². The third kappa shape index (κ3) is 6.32. The van der Waals surface area contributed by atoms with E-state index in [1.165, 1.54) is 18.6 Å². The van der Waals surface area contributed by atoms with Gasteiger partial charge in [-0.2, -0.15) is 0 Å². The Morgan fingerprint density at radius 1 is 1.29 bits per heavy atom. The first-order valence-electron chi connectivity index (χ1n) is 9.73. The molecule has 1 aliphatic heterocycles. The number of phenols is 1. The van der Waals surface area contributed by atoms with Crippen LogP contribution in [0.1, 0.15) is 24.5 Å². The lowest BCUT2D eigenvalue weighted by molar-refractivity contribution is -0.119. The summed E-state index contributed by atoms with van der Waals surface area (Å²) in [5.74, 6) is -0.676. The van der Waals surface area contributed by atoms with Crippen LogP contribution in [0.2, 0.25) is 0 Å². The Hall–Kier alpha value is -2.44. The zero-order chi connectivity index (χ0) is 19.9. The molecule has 1 aliphatic rings. The minimum atomic E-state index is -0.471. The van der Waals surface area contributed by atoms with Gasteiger partial charge in [0.05, 0.1) is 0 Å². The monoisotopic (exact) mass is 385 g/mol. The second kappa shape index (κ2) is 9.66. The molecular weight excluding hydrogens is 357 g/mol. The van der Waals surface area contributed by atoms with Crippen LogP contribution >= 0.6 is 0 Å². The van der Waals surface area contributed by atoms with Gasteiger partial charge in [-0.3, -0.25) is 9.69 Å². The summed E-state index contributed by atoms with van der Waals surface area (Å²) >= 11 is 0. The quantitative estimate of drug-likeness (QED) is 0.685. The fraction of sp³-hybridized carbons (Fsp3) is 0.409. The standard InChI is InChI=1S/C22H28FN3O2/c1-16(27)25-20(10-18-9-19(23)12-22(28)11-18)13-21-15-26(8-7-24-21)14-17-5-3-2-4-6-17/h2-6,9,11-12,20-21,24,28H,7-8,10,13-15H2,1H3,(H,25,27)/t20-,21-/m0/s1. The highest BCUT2D eigenvalue weighted by atomic mass is 19.1. The fourth-order valence-electron chi connectivity index (χ4n) is 3.90. The first-order chi connectivity index (χ1) is 13.5. The number of carbonyl (C=O) groups excluding carboxylic acids is 1. The summed E-state index contributed by atoms with van der Waals surface area (Å²) in [6.45, 7) is 5.16. The summed E-state index contributed by atoms with van der Waals surface area (Å²) in [6, 6.07) is 14.5. The van der Waals surface area contributed by atoms with Crippen LogP contribution in [0.15, 0.2) is 48.5 Å². The molecule has 2 atom stereocenters. The van der Waals surface area contributed by atoms with Gasteiger partial charge in [-0.25, -0.2) is 4.39 Å². The van der Waals surface area contributed by atoms with Crippen molar-refractivity contribution in [1.29, 1.82) is 0 Å². The number of hydrogen-bond acceptors (Lipinski definition) is 4. The molecule has 3 N–H and O–H groups in total. The van der Waals surface area contributed by atoms with Crippen molar-refractivity contribution in [2.24, 2.45) is 0 Å². The highest BCUT2D eigenvalue weighted by Crippen LogP contribution is 2.18. The molecule has 0 spiro atoms. The molecular formula is C22H28FN3O2. The first-order valence-corrected chi connectivity index (χ1v) is 9.73. The van der Waals surface area contributed by atoms with E-state index in [1.54, 1.807) is 6.07 Å². The van der Waals surface area contributed by atoms with E-state index in [-0.39, 0.29) is 23.7 Å². The van der Waals surface area contributed by atoms with Crippen molar-refractivity contribution >= 4 is 5.91 Å². The maximum Gasteiger partial charge on any atom is 0.217 e. The van der Waals surface area contributed by atoms with Crippen LogP contribution in [0.5, 0.6) is 5.75 Å². The third-order valence-electron chi connectivity index (χ3n) is 4.99. The molecule has 0 aliphatic carbocycles. The van der Waals surface area contributed by atoms with Crippen LogP contribution in [0, 0.1) is 5.82 Å². The predicted molar refractivity (Wildman–Crippen MR) is 108 cm³/mol. The maximum absolute atomic E-state index is 13.6. The summed E-state index contributed by atoms with van der Waals surface area (Å²) in [5.41, 5.74) is 1.96. The summed E-state index contributed by atoms with van der Waals surface area (Å²) in [6.07, 6.45) is 1.21. The highest BCUT2D eigenvalue weighted by Gasteiger charge is 2.23. The number of piperazine rings is 1. The molecule has 28 heavy (non-hydrogen) atoms. The molecule has 1 saturated heterocycles. The zero-order valence-electron chi connectivity index (χ0n) is 16.2. The molecule has 2 aromatic carbocycles. The molecule has 2 aromatic rings. The number of halogens is 1. The van der Waals surface area contributed by atoms with Gasteiger partial charge in [0.2, 0.25) is 5.91 Å². The molecule has 1 heterocycles. The topological polar surface area (TPSA) is 64.6 Å². The molecule has 5 nitrogen and oxygen atoms in total. The van der Waals surface area contributed by atoms with Gasteiger partial charge in [0, 0.05) is 51.3 Å². The van der Waals surface area contributed by atoms with E-state index in [9.17, 15) is 14.3 Å².